The van der Waals surface area contributed by atoms with Crippen LogP contribution in [0.4, 0.5) is 5.82 Å². The summed E-state index contributed by atoms with van der Waals surface area (Å²) in [5.41, 5.74) is 2.24. The maximum absolute atomic E-state index is 12.6. The number of nitrogens with one attached hydrogen (secondary N) is 1. The Hall–Kier alpha value is -2.44. The quantitative estimate of drug-likeness (QED) is 0.834. The second kappa shape index (κ2) is 7.85. The van der Waals surface area contributed by atoms with Gasteiger partial charge in [0, 0.05) is 19.6 Å². The molecule has 1 atom stereocenters. The first kappa shape index (κ1) is 17.0. The highest BCUT2D eigenvalue weighted by atomic mass is 16.1. The fourth-order valence-electron chi connectivity index (χ4n) is 3.91. The molecule has 2 aromatic rings. The molecule has 0 bridgehead atoms. The third kappa shape index (κ3) is 3.86. The van der Waals surface area contributed by atoms with Gasteiger partial charge >= 0.3 is 0 Å². The predicted octanol–water partition coefficient (Wildman–Crippen LogP) is 2.35. The molecule has 0 aromatic carbocycles. The fourth-order valence-corrected chi connectivity index (χ4v) is 3.91. The van der Waals surface area contributed by atoms with E-state index >= 15 is 0 Å². The van der Waals surface area contributed by atoms with Crippen molar-refractivity contribution < 1.29 is 4.79 Å². The normalized spacial score (nSPS) is 20.8. The Kier molecular flexibility index (Phi) is 5.13. The topological polar surface area (TPSA) is 75.4 Å². The number of aromatic nitrogens is 4. The molecule has 0 radical (unpaired) electrons. The van der Waals surface area contributed by atoms with Crippen molar-refractivity contribution in [3.63, 3.8) is 0 Å². The first-order valence-electron chi connectivity index (χ1n) is 9.67. The standard InChI is InChI=1S/C19H26N6O/c26-19(20-11-10-15-5-2-1-3-6-15)16-7-4-12-24(13-16)18-9-8-17-22-21-14-25(17)23-18/h5,8-9,14,16H,1-4,6-7,10-13H2,(H,20,26). The minimum atomic E-state index is 0.0301. The lowest BCUT2D eigenvalue weighted by atomic mass is 9.96. The van der Waals surface area contributed by atoms with Gasteiger partial charge in [-0.15, -0.1) is 15.3 Å². The smallest absolute Gasteiger partial charge is 0.224 e. The summed E-state index contributed by atoms with van der Waals surface area (Å²) in [7, 11) is 0. The number of nitrogens with zero attached hydrogens (tertiary/aromatic N) is 5. The van der Waals surface area contributed by atoms with Gasteiger partial charge in [0.15, 0.2) is 5.65 Å². The van der Waals surface area contributed by atoms with Crippen LogP contribution < -0.4 is 10.2 Å². The lowest BCUT2D eigenvalue weighted by molar-refractivity contribution is -0.125. The molecule has 0 spiro atoms. The average Bonchev–Trinajstić information content (AvgIpc) is 3.16. The number of carbonyl (C=O) groups is 1. The van der Waals surface area contributed by atoms with Crippen molar-refractivity contribution in [3.8, 4) is 0 Å². The zero-order valence-electron chi connectivity index (χ0n) is 15.1. The molecular weight excluding hydrogens is 328 g/mol. The lowest BCUT2D eigenvalue weighted by Crippen LogP contribution is -2.43. The van der Waals surface area contributed by atoms with Gasteiger partial charge in [-0.25, -0.2) is 0 Å². The van der Waals surface area contributed by atoms with Crippen LogP contribution in [0.5, 0.6) is 0 Å². The van der Waals surface area contributed by atoms with E-state index in [1.807, 2.05) is 12.1 Å². The summed E-state index contributed by atoms with van der Waals surface area (Å²) >= 11 is 0. The molecule has 7 heteroatoms. The zero-order valence-corrected chi connectivity index (χ0v) is 15.1. The molecule has 1 unspecified atom stereocenters. The van der Waals surface area contributed by atoms with Gasteiger partial charge in [0.05, 0.1) is 5.92 Å². The van der Waals surface area contributed by atoms with Crippen molar-refractivity contribution >= 4 is 17.4 Å². The van der Waals surface area contributed by atoms with E-state index in [4.69, 9.17) is 0 Å². The maximum atomic E-state index is 12.6. The highest BCUT2D eigenvalue weighted by Gasteiger charge is 2.26. The van der Waals surface area contributed by atoms with E-state index < -0.39 is 0 Å². The van der Waals surface area contributed by atoms with E-state index in [1.165, 1.54) is 31.3 Å². The van der Waals surface area contributed by atoms with Crippen LogP contribution in [-0.4, -0.2) is 45.4 Å². The van der Waals surface area contributed by atoms with Gasteiger partial charge in [0.2, 0.25) is 5.91 Å². The lowest BCUT2D eigenvalue weighted by Gasteiger charge is -2.32. The number of carbonyl (C=O) groups excluding carboxylic acids is 1. The molecular formula is C19H26N6O. The Morgan fingerprint density at radius 2 is 2.23 bits per heavy atom. The van der Waals surface area contributed by atoms with E-state index in [2.05, 4.69) is 31.6 Å². The van der Waals surface area contributed by atoms with Crippen LogP contribution >= 0.6 is 0 Å². The Morgan fingerprint density at radius 1 is 1.27 bits per heavy atom. The van der Waals surface area contributed by atoms with Crippen LogP contribution in [0, 0.1) is 5.92 Å². The van der Waals surface area contributed by atoms with Gasteiger partial charge in [-0.3, -0.25) is 4.79 Å². The SMILES string of the molecule is O=C(NCCC1=CCCCC1)C1CCCN(c2ccc3nncn3n2)C1. The highest BCUT2D eigenvalue weighted by Crippen LogP contribution is 2.22. The molecule has 1 amide bonds. The van der Waals surface area contributed by atoms with Crippen LogP contribution in [0.2, 0.25) is 0 Å². The maximum Gasteiger partial charge on any atom is 0.224 e. The van der Waals surface area contributed by atoms with Gasteiger partial charge in [0.25, 0.3) is 0 Å². The second-order valence-corrected chi connectivity index (χ2v) is 7.26. The van der Waals surface area contributed by atoms with Crippen molar-refractivity contribution in [2.45, 2.75) is 44.9 Å². The number of anilines is 1. The Morgan fingerprint density at radius 3 is 3.12 bits per heavy atom. The molecule has 1 aliphatic heterocycles. The van der Waals surface area contributed by atoms with Crippen LogP contribution in [-0.2, 0) is 4.79 Å². The summed E-state index contributed by atoms with van der Waals surface area (Å²) in [4.78, 5) is 14.8. The zero-order chi connectivity index (χ0) is 17.8. The van der Waals surface area contributed by atoms with Crippen LogP contribution in [0.25, 0.3) is 5.65 Å². The van der Waals surface area contributed by atoms with E-state index in [-0.39, 0.29) is 11.8 Å². The molecule has 2 aromatic heterocycles. The van der Waals surface area contributed by atoms with Crippen LogP contribution in [0.3, 0.4) is 0 Å². The van der Waals surface area contributed by atoms with Gasteiger partial charge in [0.1, 0.15) is 12.1 Å². The number of rotatable bonds is 5. The fraction of sp³-hybridized carbons (Fsp3) is 0.579. The van der Waals surface area contributed by atoms with Gasteiger partial charge in [-0.1, -0.05) is 11.6 Å². The molecule has 1 fully saturated rings. The van der Waals surface area contributed by atoms with E-state index in [1.54, 1.807) is 10.8 Å². The van der Waals surface area contributed by atoms with Crippen molar-refractivity contribution in [2.75, 3.05) is 24.5 Å². The molecule has 1 N–H and O–H groups in total. The summed E-state index contributed by atoms with van der Waals surface area (Å²) in [5, 5.41) is 15.5. The molecule has 4 rings (SSSR count). The van der Waals surface area contributed by atoms with Crippen molar-refractivity contribution in [1.82, 2.24) is 25.1 Å². The molecule has 3 heterocycles. The molecule has 7 nitrogen and oxygen atoms in total. The first-order valence-corrected chi connectivity index (χ1v) is 9.67. The van der Waals surface area contributed by atoms with Crippen LogP contribution in [0.1, 0.15) is 44.9 Å². The largest absolute Gasteiger partial charge is 0.355 e. The summed E-state index contributed by atoms with van der Waals surface area (Å²) in [6, 6.07) is 3.87. The Labute approximate surface area is 153 Å². The molecule has 1 aliphatic carbocycles. The summed E-state index contributed by atoms with van der Waals surface area (Å²) in [5.74, 6) is 1.08. The predicted molar refractivity (Wildman–Crippen MR) is 99.9 cm³/mol. The third-order valence-electron chi connectivity index (χ3n) is 5.39. The number of allylic oxidation sites excluding steroid dienone is 1. The van der Waals surface area contributed by atoms with Crippen molar-refractivity contribution in [3.05, 3.63) is 30.1 Å². The minimum absolute atomic E-state index is 0.0301. The molecule has 1 saturated heterocycles. The summed E-state index contributed by atoms with van der Waals surface area (Å²) in [6.45, 7) is 2.40. The Balaban J connectivity index is 1.32. The third-order valence-corrected chi connectivity index (χ3v) is 5.39. The first-order chi connectivity index (χ1) is 12.8. The van der Waals surface area contributed by atoms with Crippen LogP contribution in [0.15, 0.2) is 30.1 Å². The van der Waals surface area contributed by atoms with E-state index in [0.717, 1.165) is 50.4 Å². The van der Waals surface area contributed by atoms with Gasteiger partial charge < -0.3 is 10.2 Å². The molecule has 138 valence electrons. The molecule has 0 saturated carbocycles. The highest BCUT2D eigenvalue weighted by molar-refractivity contribution is 5.79. The number of fused-ring (bicyclic) bond motifs is 1. The van der Waals surface area contributed by atoms with E-state index in [0.29, 0.717) is 0 Å². The number of hydrogen-bond donors (Lipinski definition) is 1. The molecule has 2 aliphatic rings. The minimum Gasteiger partial charge on any atom is -0.355 e. The monoisotopic (exact) mass is 354 g/mol. The summed E-state index contributed by atoms with van der Waals surface area (Å²) < 4.78 is 1.68. The van der Waals surface area contributed by atoms with Gasteiger partial charge in [-0.05, 0) is 57.1 Å². The van der Waals surface area contributed by atoms with Crippen molar-refractivity contribution in [1.29, 1.82) is 0 Å². The number of piperidine rings is 1. The Bertz CT molecular complexity index is 798. The second-order valence-electron chi connectivity index (χ2n) is 7.26. The average molecular weight is 354 g/mol. The summed E-state index contributed by atoms with van der Waals surface area (Å²) in [6.07, 6.45) is 11.9. The number of hydrogen-bond acceptors (Lipinski definition) is 5. The number of amides is 1. The molecule has 26 heavy (non-hydrogen) atoms. The van der Waals surface area contributed by atoms with Gasteiger partial charge in [-0.2, -0.15) is 4.52 Å². The van der Waals surface area contributed by atoms with Crippen molar-refractivity contribution in [2.24, 2.45) is 5.92 Å². The van der Waals surface area contributed by atoms with E-state index in [9.17, 15) is 4.79 Å².